The first-order chi connectivity index (χ1) is 8.77. The maximum absolute atomic E-state index is 4.41. The van der Waals surface area contributed by atoms with Gasteiger partial charge in [0.2, 0.25) is 0 Å². The van der Waals surface area contributed by atoms with Crippen molar-refractivity contribution in [2.24, 2.45) is 18.4 Å². The Kier molecular flexibility index (Phi) is 5.06. The Morgan fingerprint density at radius 1 is 1.32 bits per heavy atom. The molecule has 1 heteroatoms. The van der Waals surface area contributed by atoms with Crippen molar-refractivity contribution in [2.75, 3.05) is 0 Å². The maximum Gasteiger partial charge on any atom is 0.0441 e. The van der Waals surface area contributed by atoms with Crippen LogP contribution in [0.3, 0.4) is 0 Å². The topological polar surface area (TPSA) is 4.93 Å². The predicted molar refractivity (Wildman–Crippen MR) is 86.4 cm³/mol. The molecule has 0 fully saturated rings. The number of hydrogen-bond donors (Lipinski definition) is 0. The van der Waals surface area contributed by atoms with Gasteiger partial charge in [0.1, 0.15) is 0 Å². The van der Waals surface area contributed by atoms with Crippen LogP contribution in [0, 0.1) is 11.3 Å². The summed E-state index contributed by atoms with van der Waals surface area (Å²) in [6.07, 6.45) is 3.48. The molecule has 0 N–H and O–H groups in total. The summed E-state index contributed by atoms with van der Waals surface area (Å²) in [6.45, 7) is 18.1. The highest BCUT2D eigenvalue weighted by Crippen LogP contribution is 2.40. The standard InChI is InChI=1S/C18H31N/c1-9-11-15-12-17(19(8)16(15)10-2)14(5)18(6,7)13(3)4/h12-13H,5,9-11H2,1-4,6-8H3. The number of hydrogen-bond acceptors (Lipinski definition) is 0. The van der Waals surface area contributed by atoms with Gasteiger partial charge in [0.15, 0.2) is 0 Å². The summed E-state index contributed by atoms with van der Waals surface area (Å²) in [6, 6.07) is 2.37. The second-order valence-corrected chi connectivity index (χ2v) is 6.52. The lowest BCUT2D eigenvalue weighted by Crippen LogP contribution is -2.21. The Hall–Kier alpha value is -0.980. The van der Waals surface area contributed by atoms with E-state index >= 15 is 0 Å². The molecule has 108 valence electrons. The third-order valence-corrected chi connectivity index (χ3v) is 4.83. The van der Waals surface area contributed by atoms with Gasteiger partial charge in [-0.05, 0) is 41.4 Å². The third kappa shape index (κ3) is 2.96. The van der Waals surface area contributed by atoms with Crippen LogP contribution in [0.4, 0.5) is 0 Å². The molecule has 0 amide bonds. The first-order valence-electron chi connectivity index (χ1n) is 7.64. The van der Waals surface area contributed by atoms with Gasteiger partial charge in [0, 0.05) is 18.4 Å². The molecule has 0 aromatic carbocycles. The van der Waals surface area contributed by atoms with Crippen LogP contribution in [-0.4, -0.2) is 4.57 Å². The van der Waals surface area contributed by atoms with Crippen molar-refractivity contribution >= 4 is 5.57 Å². The summed E-state index contributed by atoms with van der Waals surface area (Å²) >= 11 is 0. The molecule has 1 aromatic heterocycles. The van der Waals surface area contributed by atoms with E-state index in [0.717, 1.165) is 6.42 Å². The van der Waals surface area contributed by atoms with E-state index < -0.39 is 0 Å². The second-order valence-electron chi connectivity index (χ2n) is 6.52. The van der Waals surface area contributed by atoms with Crippen molar-refractivity contribution in [3.05, 3.63) is 29.6 Å². The van der Waals surface area contributed by atoms with E-state index in [-0.39, 0.29) is 5.41 Å². The summed E-state index contributed by atoms with van der Waals surface area (Å²) in [4.78, 5) is 0. The molecular formula is C18H31N. The molecule has 1 aromatic rings. The molecule has 0 unspecified atom stereocenters. The minimum absolute atomic E-state index is 0.139. The summed E-state index contributed by atoms with van der Waals surface area (Å²) in [7, 11) is 2.19. The average Bonchev–Trinajstić information content (AvgIpc) is 2.65. The number of aromatic nitrogens is 1. The zero-order chi connectivity index (χ0) is 14.8. The van der Waals surface area contributed by atoms with Crippen molar-refractivity contribution in [1.82, 2.24) is 4.57 Å². The van der Waals surface area contributed by atoms with Crippen molar-refractivity contribution in [3.63, 3.8) is 0 Å². The molecule has 0 radical (unpaired) electrons. The fourth-order valence-electron chi connectivity index (χ4n) is 2.62. The Balaban J connectivity index is 3.25. The Labute approximate surface area is 119 Å². The molecule has 0 aliphatic carbocycles. The molecule has 1 rings (SSSR count). The lowest BCUT2D eigenvalue weighted by atomic mass is 9.74. The van der Waals surface area contributed by atoms with Crippen LogP contribution in [0.25, 0.3) is 5.57 Å². The first kappa shape index (κ1) is 16.1. The van der Waals surface area contributed by atoms with E-state index in [9.17, 15) is 0 Å². The monoisotopic (exact) mass is 261 g/mol. The van der Waals surface area contributed by atoms with E-state index in [1.54, 1.807) is 0 Å². The highest BCUT2D eigenvalue weighted by atomic mass is 15.0. The van der Waals surface area contributed by atoms with E-state index in [2.05, 4.69) is 65.8 Å². The molecule has 19 heavy (non-hydrogen) atoms. The zero-order valence-electron chi connectivity index (χ0n) is 13.9. The van der Waals surface area contributed by atoms with Gasteiger partial charge >= 0.3 is 0 Å². The predicted octanol–water partition coefficient (Wildman–Crippen LogP) is 5.24. The minimum Gasteiger partial charge on any atom is -0.348 e. The highest BCUT2D eigenvalue weighted by Gasteiger charge is 2.29. The van der Waals surface area contributed by atoms with E-state index in [4.69, 9.17) is 0 Å². The number of nitrogens with zero attached hydrogens (tertiary/aromatic N) is 1. The number of allylic oxidation sites excluding steroid dienone is 1. The van der Waals surface area contributed by atoms with Gasteiger partial charge < -0.3 is 4.57 Å². The molecule has 0 aliphatic rings. The van der Waals surface area contributed by atoms with Crippen LogP contribution in [-0.2, 0) is 19.9 Å². The summed E-state index contributed by atoms with van der Waals surface area (Å²) in [5.41, 5.74) is 5.70. The zero-order valence-corrected chi connectivity index (χ0v) is 13.9. The first-order valence-corrected chi connectivity index (χ1v) is 7.64. The highest BCUT2D eigenvalue weighted by molar-refractivity contribution is 5.67. The van der Waals surface area contributed by atoms with Gasteiger partial charge in [-0.2, -0.15) is 0 Å². The smallest absolute Gasteiger partial charge is 0.0441 e. The Bertz CT molecular complexity index is 447. The van der Waals surface area contributed by atoms with Crippen LogP contribution in [0.1, 0.15) is 64.9 Å². The van der Waals surface area contributed by atoms with Crippen LogP contribution in [0.2, 0.25) is 0 Å². The molecule has 0 saturated carbocycles. The van der Waals surface area contributed by atoms with E-state index in [1.165, 1.54) is 35.4 Å². The largest absolute Gasteiger partial charge is 0.348 e. The van der Waals surface area contributed by atoms with Crippen LogP contribution in [0.15, 0.2) is 12.6 Å². The van der Waals surface area contributed by atoms with Gasteiger partial charge in [-0.1, -0.05) is 54.5 Å². The van der Waals surface area contributed by atoms with E-state index in [0.29, 0.717) is 5.92 Å². The minimum atomic E-state index is 0.139. The van der Waals surface area contributed by atoms with Crippen LogP contribution in [0.5, 0.6) is 0 Å². The fraction of sp³-hybridized carbons (Fsp3) is 0.667. The van der Waals surface area contributed by atoms with Gasteiger partial charge in [0.25, 0.3) is 0 Å². The van der Waals surface area contributed by atoms with Crippen molar-refractivity contribution in [1.29, 1.82) is 0 Å². The van der Waals surface area contributed by atoms with Gasteiger partial charge in [-0.3, -0.25) is 0 Å². The number of rotatable bonds is 6. The second kappa shape index (κ2) is 5.98. The Morgan fingerprint density at radius 3 is 2.32 bits per heavy atom. The maximum atomic E-state index is 4.41. The molecule has 1 nitrogen and oxygen atoms in total. The SMILES string of the molecule is C=C(c1cc(CCC)c(CC)n1C)C(C)(C)C(C)C. The van der Waals surface area contributed by atoms with Gasteiger partial charge in [-0.15, -0.1) is 0 Å². The Morgan fingerprint density at radius 2 is 1.89 bits per heavy atom. The van der Waals surface area contributed by atoms with E-state index in [1.807, 2.05) is 0 Å². The lowest BCUT2D eigenvalue weighted by Gasteiger charge is -2.32. The number of aryl methyl sites for hydroxylation is 1. The molecular weight excluding hydrogens is 230 g/mol. The van der Waals surface area contributed by atoms with Gasteiger partial charge in [-0.25, -0.2) is 0 Å². The van der Waals surface area contributed by atoms with Gasteiger partial charge in [0.05, 0.1) is 0 Å². The quantitative estimate of drug-likeness (QED) is 0.660. The summed E-state index contributed by atoms with van der Waals surface area (Å²) < 4.78 is 2.36. The van der Waals surface area contributed by atoms with Crippen molar-refractivity contribution in [2.45, 2.75) is 60.8 Å². The normalized spacial score (nSPS) is 12.2. The molecule has 0 aliphatic heterocycles. The van der Waals surface area contributed by atoms with Crippen molar-refractivity contribution < 1.29 is 0 Å². The molecule has 0 bridgehead atoms. The van der Waals surface area contributed by atoms with Crippen LogP contribution >= 0.6 is 0 Å². The third-order valence-electron chi connectivity index (χ3n) is 4.83. The fourth-order valence-corrected chi connectivity index (χ4v) is 2.62. The lowest BCUT2D eigenvalue weighted by molar-refractivity contribution is 0.348. The molecule has 0 spiro atoms. The summed E-state index contributed by atoms with van der Waals surface area (Å²) in [5, 5.41) is 0. The molecule has 1 heterocycles. The molecule has 0 saturated heterocycles. The molecule has 0 atom stereocenters. The van der Waals surface area contributed by atoms with Crippen molar-refractivity contribution in [3.8, 4) is 0 Å². The summed E-state index contributed by atoms with van der Waals surface area (Å²) in [5.74, 6) is 0.592. The van der Waals surface area contributed by atoms with Crippen LogP contribution < -0.4 is 0 Å². The average molecular weight is 261 g/mol.